The molecular weight excluding hydrogens is 393 g/mol. The van der Waals surface area contributed by atoms with E-state index in [9.17, 15) is 21.2 Å². The highest BCUT2D eigenvalue weighted by molar-refractivity contribution is 7.92. The number of nitrogens with zero attached hydrogens (tertiary/aromatic N) is 1. The van der Waals surface area contributed by atoms with Gasteiger partial charge in [-0.2, -0.15) is 0 Å². The third kappa shape index (κ3) is 4.45. The van der Waals surface area contributed by atoms with Crippen LogP contribution in [0.5, 0.6) is 0 Å². The molecule has 0 spiro atoms. The molecule has 144 valence electrons. The molecule has 0 aliphatic carbocycles. The monoisotopic (exact) mass is 411 g/mol. The summed E-state index contributed by atoms with van der Waals surface area (Å²) in [5.74, 6) is -0.150. The van der Waals surface area contributed by atoms with Gasteiger partial charge in [-0.25, -0.2) is 21.2 Å². The number of halogens is 1. The van der Waals surface area contributed by atoms with E-state index < -0.39 is 25.9 Å². The average molecular weight is 411 g/mol. The van der Waals surface area contributed by atoms with Gasteiger partial charge in [0.15, 0.2) is 0 Å². The van der Waals surface area contributed by atoms with Gasteiger partial charge in [0, 0.05) is 13.0 Å². The third-order valence-electron chi connectivity index (χ3n) is 3.95. The van der Waals surface area contributed by atoms with E-state index in [-0.39, 0.29) is 21.0 Å². The number of amidine groups is 1. The Morgan fingerprint density at radius 2 is 1.78 bits per heavy atom. The number of rotatable bonds is 5. The van der Waals surface area contributed by atoms with Crippen LogP contribution in [-0.4, -0.2) is 29.2 Å². The molecule has 0 aromatic heterocycles. The summed E-state index contributed by atoms with van der Waals surface area (Å²) in [7, 11) is -7.87. The second kappa shape index (κ2) is 7.28. The van der Waals surface area contributed by atoms with Gasteiger partial charge in [0.25, 0.3) is 20.0 Å². The Labute approximate surface area is 157 Å². The Morgan fingerprint density at radius 3 is 2.44 bits per heavy atom. The van der Waals surface area contributed by atoms with E-state index in [1.54, 1.807) is 0 Å². The lowest BCUT2D eigenvalue weighted by Crippen LogP contribution is -2.29. The highest BCUT2D eigenvalue weighted by Crippen LogP contribution is 2.22. The largest absolute Gasteiger partial charge is 0.280 e. The molecular formula is C17H18FN3O4S2. The van der Waals surface area contributed by atoms with Crippen molar-refractivity contribution < 1.29 is 21.2 Å². The predicted molar refractivity (Wildman–Crippen MR) is 100 cm³/mol. The third-order valence-corrected chi connectivity index (χ3v) is 6.87. The molecule has 0 atom stereocenters. The summed E-state index contributed by atoms with van der Waals surface area (Å²) in [5, 5.41) is 0. The van der Waals surface area contributed by atoms with Gasteiger partial charge in [-0.05, 0) is 55.3 Å². The van der Waals surface area contributed by atoms with Crippen LogP contribution in [0.3, 0.4) is 0 Å². The molecule has 0 unspecified atom stereocenters. The zero-order valence-corrected chi connectivity index (χ0v) is 16.1. The average Bonchev–Trinajstić information content (AvgIpc) is 3.06. The van der Waals surface area contributed by atoms with Crippen molar-refractivity contribution in [3.8, 4) is 0 Å². The first-order valence-electron chi connectivity index (χ1n) is 8.12. The van der Waals surface area contributed by atoms with Gasteiger partial charge in [0.05, 0.1) is 15.5 Å². The van der Waals surface area contributed by atoms with Gasteiger partial charge >= 0.3 is 0 Å². The van der Waals surface area contributed by atoms with E-state index in [1.807, 2.05) is 0 Å². The molecule has 10 heteroatoms. The number of sulfonamides is 2. The maximum Gasteiger partial charge on any atom is 0.262 e. The Bertz CT molecular complexity index is 1110. The van der Waals surface area contributed by atoms with Crippen LogP contribution in [0.25, 0.3) is 0 Å². The van der Waals surface area contributed by atoms with Crippen LogP contribution in [-0.2, 0) is 20.0 Å². The quantitative estimate of drug-likeness (QED) is 0.788. The second-order valence-corrected chi connectivity index (χ2v) is 9.41. The first-order chi connectivity index (χ1) is 12.7. The summed E-state index contributed by atoms with van der Waals surface area (Å²) in [6.07, 6.45) is 1.34. The van der Waals surface area contributed by atoms with E-state index in [2.05, 4.69) is 14.4 Å². The SMILES string of the molecule is Cc1cc(F)ccc1S(=O)(=O)Nc1cccc(S(=O)(=O)NC2=NCCC2)c1. The summed E-state index contributed by atoms with van der Waals surface area (Å²) in [5.41, 5.74) is 0.321. The molecule has 2 aromatic carbocycles. The molecule has 0 fully saturated rings. The van der Waals surface area contributed by atoms with Crippen LogP contribution in [0.4, 0.5) is 10.1 Å². The zero-order chi connectivity index (χ0) is 19.7. The summed E-state index contributed by atoms with van der Waals surface area (Å²) < 4.78 is 68.0. The minimum absolute atomic E-state index is 0.0787. The van der Waals surface area contributed by atoms with E-state index >= 15 is 0 Å². The number of aryl methyl sites for hydroxylation is 1. The van der Waals surface area contributed by atoms with Crippen molar-refractivity contribution >= 4 is 31.6 Å². The number of hydrogen-bond donors (Lipinski definition) is 2. The van der Waals surface area contributed by atoms with Gasteiger partial charge in [-0.3, -0.25) is 14.4 Å². The molecule has 1 aliphatic rings. The van der Waals surface area contributed by atoms with Crippen LogP contribution < -0.4 is 9.44 Å². The van der Waals surface area contributed by atoms with E-state index in [0.717, 1.165) is 24.6 Å². The van der Waals surface area contributed by atoms with Crippen LogP contribution in [0.2, 0.25) is 0 Å². The topological polar surface area (TPSA) is 105 Å². The molecule has 2 N–H and O–H groups in total. The first-order valence-corrected chi connectivity index (χ1v) is 11.1. The highest BCUT2D eigenvalue weighted by Gasteiger charge is 2.21. The summed E-state index contributed by atoms with van der Waals surface area (Å²) in [6, 6.07) is 8.76. The van der Waals surface area contributed by atoms with Gasteiger partial charge in [0.2, 0.25) is 0 Å². The predicted octanol–water partition coefficient (Wildman–Crippen LogP) is 2.41. The van der Waals surface area contributed by atoms with Crippen molar-refractivity contribution in [1.82, 2.24) is 4.72 Å². The fraction of sp³-hybridized carbons (Fsp3) is 0.235. The van der Waals surface area contributed by atoms with Crippen molar-refractivity contribution in [3.63, 3.8) is 0 Å². The summed E-state index contributed by atoms with van der Waals surface area (Å²) in [6.45, 7) is 2.06. The van der Waals surface area contributed by atoms with Crippen molar-refractivity contribution in [3.05, 3.63) is 53.8 Å². The van der Waals surface area contributed by atoms with Crippen LogP contribution in [0, 0.1) is 12.7 Å². The van der Waals surface area contributed by atoms with Crippen molar-refractivity contribution in [2.45, 2.75) is 29.6 Å². The highest BCUT2D eigenvalue weighted by atomic mass is 32.2. The molecule has 0 radical (unpaired) electrons. The van der Waals surface area contributed by atoms with E-state index in [4.69, 9.17) is 0 Å². The smallest absolute Gasteiger partial charge is 0.262 e. The maximum absolute atomic E-state index is 13.2. The normalized spacial score (nSPS) is 14.7. The molecule has 0 amide bonds. The molecule has 0 saturated heterocycles. The van der Waals surface area contributed by atoms with Gasteiger partial charge in [-0.1, -0.05) is 6.07 Å². The molecule has 7 nitrogen and oxygen atoms in total. The van der Waals surface area contributed by atoms with Crippen LogP contribution >= 0.6 is 0 Å². The van der Waals surface area contributed by atoms with Gasteiger partial charge in [0.1, 0.15) is 11.7 Å². The lowest BCUT2D eigenvalue weighted by Gasteiger charge is -2.12. The maximum atomic E-state index is 13.2. The fourth-order valence-corrected chi connectivity index (χ4v) is 5.10. The molecule has 27 heavy (non-hydrogen) atoms. The van der Waals surface area contributed by atoms with Crippen LogP contribution in [0.15, 0.2) is 57.2 Å². The van der Waals surface area contributed by atoms with Crippen molar-refractivity contribution in [2.24, 2.45) is 4.99 Å². The Hall–Kier alpha value is -2.46. The Kier molecular flexibility index (Phi) is 5.20. The second-order valence-electron chi connectivity index (χ2n) is 6.08. The number of aliphatic imine (C=N–C) groups is 1. The number of hydrogen-bond acceptors (Lipinski definition) is 5. The molecule has 1 heterocycles. The van der Waals surface area contributed by atoms with Crippen LogP contribution in [0.1, 0.15) is 18.4 Å². The first kappa shape index (κ1) is 19.3. The van der Waals surface area contributed by atoms with Gasteiger partial charge < -0.3 is 0 Å². The minimum atomic E-state index is -4.00. The van der Waals surface area contributed by atoms with Crippen molar-refractivity contribution in [1.29, 1.82) is 0 Å². The standard InChI is InChI=1S/C17H18FN3O4S2/c1-12-10-13(18)7-8-16(12)27(24,25)20-14-4-2-5-15(11-14)26(22,23)21-17-6-3-9-19-17/h2,4-5,7-8,10-11,20H,3,6,9H2,1H3,(H,19,21). The molecule has 2 aromatic rings. The molecule has 0 saturated carbocycles. The summed E-state index contributed by atoms with van der Waals surface area (Å²) in [4.78, 5) is 3.89. The number of nitrogens with one attached hydrogen (secondary N) is 2. The molecule has 1 aliphatic heterocycles. The summed E-state index contributed by atoms with van der Waals surface area (Å²) >= 11 is 0. The lowest BCUT2D eigenvalue weighted by molar-refractivity contribution is 0.591. The minimum Gasteiger partial charge on any atom is -0.280 e. The van der Waals surface area contributed by atoms with E-state index in [0.29, 0.717) is 18.8 Å². The van der Waals surface area contributed by atoms with Gasteiger partial charge in [-0.15, -0.1) is 0 Å². The number of benzene rings is 2. The number of anilines is 1. The molecule has 0 bridgehead atoms. The Balaban J connectivity index is 1.87. The zero-order valence-electron chi connectivity index (χ0n) is 14.4. The lowest BCUT2D eigenvalue weighted by atomic mass is 10.2. The van der Waals surface area contributed by atoms with E-state index in [1.165, 1.54) is 31.2 Å². The fourth-order valence-electron chi connectivity index (χ4n) is 2.69. The Morgan fingerprint density at radius 1 is 1.00 bits per heavy atom. The van der Waals surface area contributed by atoms with Crippen molar-refractivity contribution in [2.75, 3.05) is 11.3 Å². The molecule has 3 rings (SSSR count).